The fraction of sp³-hybridized carbons (Fsp3) is 0.0769. The molecule has 0 amide bonds. The molecule has 0 bridgehead atoms. The first-order valence-electron chi connectivity index (χ1n) is 4.73. The van der Waals surface area contributed by atoms with Crippen LogP contribution < -0.4 is 0 Å². The van der Waals surface area contributed by atoms with Gasteiger partial charge >= 0.3 is 0 Å². The van der Waals surface area contributed by atoms with Crippen LogP contribution in [-0.2, 0) is 0 Å². The van der Waals surface area contributed by atoms with Crippen LogP contribution in [0.5, 0.6) is 0 Å². The molecule has 0 fully saturated rings. The molecule has 0 radical (unpaired) electrons. The summed E-state index contributed by atoms with van der Waals surface area (Å²) in [6.45, 7) is 1.76. The molecule has 0 aliphatic heterocycles. The molecule has 0 nitrogen and oxygen atoms in total. The summed E-state index contributed by atoms with van der Waals surface area (Å²) in [5, 5.41) is 0. The van der Waals surface area contributed by atoms with E-state index in [1.165, 1.54) is 0 Å². The van der Waals surface area contributed by atoms with Crippen LogP contribution in [0.1, 0.15) is 5.56 Å². The highest BCUT2D eigenvalue weighted by atomic mass is 32.1. The molecule has 2 heteroatoms. The predicted octanol–water partition coefficient (Wildman–Crippen LogP) is 4.09. The lowest BCUT2D eigenvalue weighted by Gasteiger charge is -2.06. The maximum absolute atomic E-state index is 13.4. The Balaban J connectivity index is 2.55. The van der Waals surface area contributed by atoms with Gasteiger partial charge in [0, 0.05) is 4.90 Å². The van der Waals surface area contributed by atoms with Crippen LogP contribution in [-0.4, -0.2) is 0 Å². The highest BCUT2D eigenvalue weighted by molar-refractivity contribution is 7.80. The highest BCUT2D eigenvalue weighted by Gasteiger charge is 2.04. The van der Waals surface area contributed by atoms with E-state index in [4.69, 9.17) is 0 Å². The number of halogens is 1. The number of hydrogen-bond acceptors (Lipinski definition) is 1. The van der Waals surface area contributed by atoms with Crippen molar-refractivity contribution in [2.24, 2.45) is 0 Å². The molecule has 0 aliphatic carbocycles. The zero-order chi connectivity index (χ0) is 10.8. The number of benzene rings is 2. The smallest absolute Gasteiger partial charge is 0.126 e. The van der Waals surface area contributed by atoms with Crippen molar-refractivity contribution in [1.29, 1.82) is 0 Å². The molecular formula is C13H11FS. The topological polar surface area (TPSA) is 0 Å². The molecule has 2 aromatic rings. The first kappa shape index (κ1) is 10.2. The maximum atomic E-state index is 13.4. The summed E-state index contributed by atoms with van der Waals surface area (Å²) in [5.74, 6) is -0.177. The Hall–Kier alpha value is -1.28. The number of thiol groups is 1. The van der Waals surface area contributed by atoms with E-state index in [1.807, 2.05) is 30.3 Å². The van der Waals surface area contributed by atoms with Gasteiger partial charge in [-0.25, -0.2) is 4.39 Å². The van der Waals surface area contributed by atoms with Gasteiger partial charge in [-0.1, -0.05) is 30.3 Å². The van der Waals surface area contributed by atoms with Gasteiger partial charge in [0.05, 0.1) is 0 Å². The van der Waals surface area contributed by atoms with E-state index in [-0.39, 0.29) is 5.82 Å². The second-order valence-corrected chi connectivity index (χ2v) is 3.96. The second-order valence-electron chi connectivity index (χ2n) is 3.48. The van der Waals surface area contributed by atoms with E-state index in [2.05, 4.69) is 12.6 Å². The van der Waals surface area contributed by atoms with Gasteiger partial charge in [0.25, 0.3) is 0 Å². The minimum atomic E-state index is -0.177. The van der Waals surface area contributed by atoms with Gasteiger partial charge in [-0.2, -0.15) is 0 Å². The Morgan fingerprint density at radius 3 is 2.47 bits per heavy atom. The number of aryl methyl sites for hydroxylation is 1. The number of rotatable bonds is 1. The standard InChI is InChI=1S/C13H11FS/c1-9-6-7-10(8-12(9)14)11-4-2-3-5-13(11)15/h2-8,15H,1H3. The molecule has 2 rings (SSSR count). The minimum absolute atomic E-state index is 0.177. The predicted molar refractivity (Wildman–Crippen MR) is 63.8 cm³/mol. The SMILES string of the molecule is Cc1ccc(-c2ccccc2S)cc1F. The van der Waals surface area contributed by atoms with E-state index in [0.29, 0.717) is 5.56 Å². The van der Waals surface area contributed by atoms with Crippen LogP contribution in [0.2, 0.25) is 0 Å². The quantitative estimate of drug-likeness (QED) is 0.685. The highest BCUT2D eigenvalue weighted by Crippen LogP contribution is 2.27. The van der Waals surface area contributed by atoms with Crippen LogP contribution in [0.4, 0.5) is 4.39 Å². The monoisotopic (exact) mass is 218 g/mol. The molecule has 0 atom stereocenters. The van der Waals surface area contributed by atoms with Crippen LogP contribution in [0, 0.1) is 12.7 Å². The van der Waals surface area contributed by atoms with Crippen molar-refractivity contribution in [3.05, 3.63) is 53.8 Å². The van der Waals surface area contributed by atoms with Crippen molar-refractivity contribution in [2.45, 2.75) is 11.8 Å². The zero-order valence-electron chi connectivity index (χ0n) is 8.37. The summed E-state index contributed by atoms with van der Waals surface area (Å²) in [6.07, 6.45) is 0. The molecule has 15 heavy (non-hydrogen) atoms. The first-order valence-corrected chi connectivity index (χ1v) is 5.18. The average Bonchev–Trinajstić information content (AvgIpc) is 2.23. The van der Waals surface area contributed by atoms with E-state index in [0.717, 1.165) is 16.0 Å². The lowest BCUT2D eigenvalue weighted by molar-refractivity contribution is 0.619. The molecule has 0 aliphatic rings. The zero-order valence-corrected chi connectivity index (χ0v) is 9.26. The largest absolute Gasteiger partial charge is 0.207 e. The summed E-state index contributed by atoms with van der Waals surface area (Å²) in [5.41, 5.74) is 2.49. The van der Waals surface area contributed by atoms with Gasteiger partial charge < -0.3 is 0 Å². The summed E-state index contributed by atoms with van der Waals surface area (Å²) in [7, 11) is 0. The minimum Gasteiger partial charge on any atom is -0.207 e. The van der Waals surface area contributed by atoms with Gasteiger partial charge in [-0.15, -0.1) is 12.6 Å². The molecule has 0 heterocycles. The first-order chi connectivity index (χ1) is 7.18. The Morgan fingerprint density at radius 1 is 1.07 bits per heavy atom. The van der Waals surface area contributed by atoms with Gasteiger partial charge in [-0.3, -0.25) is 0 Å². The lowest BCUT2D eigenvalue weighted by atomic mass is 10.0. The van der Waals surface area contributed by atoms with Crippen molar-refractivity contribution >= 4 is 12.6 Å². The Kier molecular flexibility index (Phi) is 2.78. The molecule has 0 aromatic heterocycles. The normalized spacial score (nSPS) is 10.3. The average molecular weight is 218 g/mol. The van der Waals surface area contributed by atoms with Gasteiger partial charge in [0.2, 0.25) is 0 Å². The molecule has 0 spiro atoms. The molecule has 76 valence electrons. The lowest BCUT2D eigenvalue weighted by Crippen LogP contribution is -1.85. The van der Waals surface area contributed by atoms with E-state index in [1.54, 1.807) is 19.1 Å². The van der Waals surface area contributed by atoms with Crippen LogP contribution in [0.3, 0.4) is 0 Å². The van der Waals surface area contributed by atoms with Crippen molar-refractivity contribution in [3.8, 4) is 11.1 Å². The molecule has 0 unspecified atom stereocenters. The fourth-order valence-corrected chi connectivity index (χ4v) is 1.77. The van der Waals surface area contributed by atoms with Crippen LogP contribution >= 0.6 is 12.6 Å². The Labute approximate surface area is 94.2 Å². The second kappa shape index (κ2) is 4.07. The van der Waals surface area contributed by atoms with Gasteiger partial charge in [0.1, 0.15) is 5.82 Å². The third-order valence-corrected chi connectivity index (χ3v) is 2.78. The Bertz CT molecular complexity index is 492. The summed E-state index contributed by atoms with van der Waals surface area (Å²) in [4.78, 5) is 0.862. The number of hydrogen-bond donors (Lipinski definition) is 1. The van der Waals surface area contributed by atoms with Gasteiger partial charge in [0.15, 0.2) is 0 Å². The Morgan fingerprint density at radius 2 is 1.80 bits per heavy atom. The third-order valence-electron chi connectivity index (χ3n) is 2.39. The van der Waals surface area contributed by atoms with Crippen molar-refractivity contribution in [2.75, 3.05) is 0 Å². The third kappa shape index (κ3) is 2.05. The van der Waals surface area contributed by atoms with Crippen LogP contribution in [0.15, 0.2) is 47.4 Å². The molecule has 0 N–H and O–H groups in total. The van der Waals surface area contributed by atoms with E-state index < -0.39 is 0 Å². The van der Waals surface area contributed by atoms with Crippen LogP contribution in [0.25, 0.3) is 11.1 Å². The molecule has 0 saturated heterocycles. The molecular weight excluding hydrogens is 207 g/mol. The van der Waals surface area contributed by atoms with Crippen molar-refractivity contribution in [1.82, 2.24) is 0 Å². The fourth-order valence-electron chi connectivity index (χ4n) is 1.48. The maximum Gasteiger partial charge on any atom is 0.126 e. The molecule has 0 saturated carbocycles. The summed E-state index contributed by atoms with van der Waals surface area (Å²) in [6, 6.07) is 12.9. The van der Waals surface area contributed by atoms with E-state index in [9.17, 15) is 4.39 Å². The summed E-state index contributed by atoms with van der Waals surface area (Å²) < 4.78 is 13.4. The van der Waals surface area contributed by atoms with E-state index >= 15 is 0 Å². The summed E-state index contributed by atoms with van der Waals surface area (Å²) >= 11 is 4.35. The molecule has 2 aromatic carbocycles. The van der Waals surface area contributed by atoms with Gasteiger partial charge in [-0.05, 0) is 35.7 Å². The van der Waals surface area contributed by atoms with Crippen molar-refractivity contribution in [3.63, 3.8) is 0 Å². The van der Waals surface area contributed by atoms with Crippen molar-refractivity contribution < 1.29 is 4.39 Å².